The van der Waals surface area contributed by atoms with E-state index in [0.717, 1.165) is 25.9 Å². The molecule has 0 aromatic heterocycles. The lowest BCUT2D eigenvalue weighted by Gasteiger charge is -2.37. The first-order valence-corrected chi connectivity index (χ1v) is 10.7. The van der Waals surface area contributed by atoms with Crippen LogP contribution < -0.4 is 0 Å². The summed E-state index contributed by atoms with van der Waals surface area (Å²) < 4.78 is 17.7. The Hall–Kier alpha value is -0.540. The van der Waals surface area contributed by atoms with Crippen LogP contribution in [-0.4, -0.2) is 25.6 Å². The van der Waals surface area contributed by atoms with Gasteiger partial charge in [-0.3, -0.25) is 0 Å². The lowest BCUT2D eigenvalue weighted by atomic mass is 9.88. The maximum Gasteiger partial charge on any atom is 0.168 e. The predicted molar refractivity (Wildman–Crippen MR) is 108 cm³/mol. The summed E-state index contributed by atoms with van der Waals surface area (Å²) >= 11 is 0. The lowest BCUT2D eigenvalue weighted by molar-refractivity contribution is -0.254. The Balaban J connectivity index is 4.44. The van der Waals surface area contributed by atoms with E-state index in [1.165, 1.54) is 44.9 Å². The first-order chi connectivity index (χ1) is 12.1. The minimum atomic E-state index is -0.466. The smallest absolute Gasteiger partial charge is 0.168 e. The summed E-state index contributed by atoms with van der Waals surface area (Å²) in [6, 6.07) is 0. The molecule has 1 unspecified atom stereocenters. The molecule has 0 spiro atoms. The number of allylic oxidation sites excluding steroid dienone is 1. The second-order valence-electron chi connectivity index (χ2n) is 6.93. The van der Waals surface area contributed by atoms with Gasteiger partial charge in [-0.1, -0.05) is 58.4 Å². The van der Waals surface area contributed by atoms with Gasteiger partial charge in [0.05, 0.1) is 12.9 Å². The molecule has 3 nitrogen and oxygen atoms in total. The fraction of sp³-hybridized carbons (Fsp3) is 0.909. The largest absolute Gasteiger partial charge is 0.502 e. The van der Waals surface area contributed by atoms with Gasteiger partial charge in [0, 0.05) is 19.1 Å². The van der Waals surface area contributed by atoms with E-state index >= 15 is 0 Å². The summed E-state index contributed by atoms with van der Waals surface area (Å²) in [6.07, 6.45) is 16.2. The predicted octanol–water partition coefficient (Wildman–Crippen LogP) is 6.86. The molecule has 0 aromatic carbocycles. The molecule has 25 heavy (non-hydrogen) atoms. The van der Waals surface area contributed by atoms with Crippen LogP contribution in [0, 0.1) is 5.92 Å². The van der Waals surface area contributed by atoms with Gasteiger partial charge in [-0.2, -0.15) is 0 Å². The first-order valence-electron chi connectivity index (χ1n) is 10.7. The van der Waals surface area contributed by atoms with E-state index in [2.05, 4.69) is 40.7 Å². The molecular formula is C22H44O3. The van der Waals surface area contributed by atoms with Gasteiger partial charge >= 0.3 is 0 Å². The second kappa shape index (κ2) is 16.9. The van der Waals surface area contributed by atoms with Crippen LogP contribution in [0.25, 0.3) is 0 Å². The topological polar surface area (TPSA) is 27.7 Å². The number of rotatable bonds is 18. The van der Waals surface area contributed by atoms with Crippen LogP contribution in [0.3, 0.4) is 0 Å². The van der Waals surface area contributed by atoms with E-state index < -0.39 is 5.79 Å². The van der Waals surface area contributed by atoms with Crippen molar-refractivity contribution in [3.8, 4) is 0 Å². The molecule has 0 fully saturated rings. The van der Waals surface area contributed by atoms with Gasteiger partial charge in [-0.05, 0) is 46.5 Å². The Labute approximate surface area is 157 Å². The zero-order valence-corrected chi connectivity index (χ0v) is 17.6. The first kappa shape index (κ1) is 24.5. The van der Waals surface area contributed by atoms with Crippen LogP contribution in [0.2, 0.25) is 0 Å². The fourth-order valence-corrected chi connectivity index (χ4v) is 3.34. The van der Waals surface area contributed by atoms with Crippen molar-refractivity contribution in [3.05, 3.63) is 12.3 Å². The number of ether oxygens (including phenoxy) is 3. The normalized spacial score (nSPS) is 13.5. The number of hydrogen-bond acceptors (Lipinski definition) is 3. The highest BCUT2D eigenvalue weighted by Gasteiger charge is 2.34. The van der Waals surface area contributed by atoms with Crippen LogP contribution >= 0.6 is 0 Å². The molecule has 150 valence electrons. The summed E-state index contributed by atoms with van der Waals surface area (Å²) in [4.78, 5) is 0. The van der Waals surface area contributed by atoms with Gasteiger partial charge in [-0.15, -0.1) is 0 Å². The minimum absolute atomic E-state index is 0.428. The Morgan fingerprint density at radius 1 is 0.800 bits per heavy atom. The molecule has 0 N–H and O–H groups in total. The molecule has 0 radical (unpaired) electrons. The number of unbranched alkanes of at least 4 members (excludes halogenated alkanes) is 5. The lowest BCUT2D eigenvalue weighted by Crippen LogP contribution is -2.41. The van der Waals surface area contributed by atoms with E-state index in [1.807, 2.05) is 6.26 Å². The van der Waals surface area contributed by atoms with E-state index in [-0.39, 0.29) is 0 Å². The van der Waals surface area contributed by atoms with Gasteiger partial charge in [0.2, 0.25) is 0 Å². The molecule has 0 aliphatic heterocycles. The summed E-state index contributed by atoms with van der Waals surface area (Å²) in [5, 5.41) is 0. The number of hydrogen-bond donors (Lipinski definition) is 0. The summed E-state index contributed by atoms with van der Waals surface area (Å²) in [5.74, 6) is -0.0380. The van der Waals surface area contributed by atoms with E-state index in [1.54, 1.807) is 0 Å². The average Bonchev–Trinajstić information content (AvgIpc) is 2.59. The van der Waals surface area contributed by atoms with Crippen molar-refractivity contribution >= 4 is 0 Å². The zero-order chi connectivity index (χ0) is 18.8. The van der Waals surface area contributed by atoms with E-state index in [0.29, 0.717) is 19.1 Å². The van der Waals surface area contributed by atoms with Gasteiger partial charge in [0.15, 0.2) is 5.79 Å². The molecule has 1 atom stereocenters. The molecule has 0 rings (SSSR count). The minimum Gasteiger partial charge on any atom is -0.502 e. The molecule has 0 amide bonds. The molecule has 3 heteroatoms. The molecule has 0 aromatic rings. The molecule has 0 heterocycles. The Bertz CT molecular complexity index is 296. The van der Waals surface area contributed by atoms with Crippen molar-refractivity contribution in [1.82, 2.24) is 0 Å². The third-order valence-corrected chi connectivity index (χ3v) is 4.75. The zero-order valence-electron chi connectivity index (χ0n) is 17.6. The highest BCUT2D eigenvalue weighted by molar-refractivity contribution is 4.77. The van der Waals surface area contributed by atoms with Crippen molar-refractivity contribution in [2.24, 2.45) is 5.92 Å². The fourth-order valence-electron chi connectivity index (χ4n) is 3.34. The van der Waals surface area contributed by atoms with Crippen molar-refractivity contribution in [3.63, 3.8) is 0 Å². The Morgan fingerprint density at radius 2 is 1.40 bits per heavy atom. The monoisotopic (exact) mass is 356 g/mol. The molecule has 0 saturated heterocycles. The second-order valence-corrected chi connectivity index (χ2v) is 6.93. The third kappa shape index (κ3) is 12.4. The highest BCUT2D eigenvalue weighted by Crippen LogP contribution is 2.32. The van der Waals surface area contributed by atoms with Crippen molar-refractivity contribution < 1.29 is 14.2 Å². The van der Waals surface area contributed by atoms with E-state index in [4.69, 9.17) is 14.2 Å². The molecule has 0 bridgehead atoms. The molecule has 0 saturated carbocycles. The van der Waals surface area contributed by atoms with Crippen LogP contribution in [0.5, 0.6) is 0 Å². The summed E-state index contributed by atoms with van der Waals surface area (Å²) in [6.45, 7) is 12.8. The Morgan fingerprint density at radius 3 is 2.00 bits per heavy atom. The van der Waals surface area contributed by atoms with Crippen molar-refractivity contribution in [1.29, 1.82) is 0 Å². The quantitative estimate of drug-likeness (QED) is 0.152. The summed E-state index contributed by atoms with van der Waals surface area (Å²) in [5.41, 5.74) is 0. The van der Waals surface area contributed by atoms with E-state index in [9.17, 15) is 0 Å². The standard InChI is InChI=1S/C22H44O3/c1-6-10-12-13-14-15-17-21(18-16-20-23-19-11-7-2)22(5,24-8-3)25-9-4/h11,19,21H,6-10,12-18,20H2,1-5H3. The SMILES string of the molecule is CCC=COCCCC(CCCCCCCC)C(C)(OCC)OCC. The van der Waals surface area contributed by atoms with Crippen molar-refractivity contribution in [2.45, 2.75) is 105 Å². The molecule has 0 aliphatic carbocycles. The van der Waals surface area contributed by atoms with Crippen LogP contribution in [-0.2, 0) is 14.2 Å². The maximum atomic E-state index is 6.05. The Kier molecular flexibility index (Phi) is 16.5. The van der Waals surface area contributed by atoms with Gasteiger partial charge in [0.1, 0.15) is 0 Å². The van der Waals surface area contributed by atoms with Crippen LogP contribution in [0.15, 0.2) is 12.3 Å². The third-order valence-electron chi connectivity index (χ3n) is 4.75. The molecular weight excluding hydrogens is 312 g/mol. The molecule has 0 aliphatic rings. The van der Waals surface area contributed by atoms with Gasteiger partial charge in [-0.25, -0.2) is 0 Å². The van der Waals surface area contributed by atoms with Gasteiger partial charge < -0.3 is 14.2 Å². The van der Waals surface area contributed by atoms with Crippen molar-refractivity contribution in [2.75, 3.05) is 19.8 Å². The van der Waals surface area contributed by atoms with Crippen LogP contribution in [0.1, 0.15) is 98.8 Å². The average molecular weight is 357 g/mol. The van der Waals surface area contributed by atoms with Crippen LogP contribution in [0.4, 0.5) is 0 Å². The summed E-state index contributed by atoms with van der Waals surface area (Å²) in [7, 11) is 0. The van der Waals surface area contributed by atoms with Gasteiger partial charge in [0.25, 0.3) is 0 Å². The maximum absolute atomic E-state index is 6.05. The highest BCUT2D eigenvalue weighted by atomic mass is 16.7.